The van der Waals surface area contributed by atoms with Crippen LogP contribution >= 0.6 is 11.3 Å². The van der Waals surface area contributed by atoms with Gasteiger partial charge >= 0.3 is 0 Å². The lowest BCUT2D eigenvalue weighted by Gasteiger charge is -2.32. The molecule has 1 fully saturated rings. The van der Waals surface area contributed by atoms with Gasteiger partial charge in [0.1, 0.15) is 5.82 Å². The molecule has 0 spiro atoms. The Labute approximate surface area is 209 Å². The van der Waals surface area contributed by atoms with Gasteiger partial charge < -0.3 is 19.7 Å². The molecule has 2 amide bonds. The highest BCUT2D eigenvalue weighted by Gasteiger charge is 2.26. The fourth-order valence-electron chi connectivity index (χ4n) is 4.66. The molecule has 7 nitrogen and oxygen atoms in total. The standard InChI is InChI=1S/C27H31N5O2S/c1-4-7-25(33)32(18(2)26-28-21-8-5-6-9-22(21)29-26)20-10-11-23-19(16-20)17-24(35-23)27(34)31-14-12-30(3)13-15-31/h5-6,8-11,16-18H,4,7,12-15H2,1-3H3,(H,28,29). The van der Waals surface area contributed by atoms with Gasteiger partial charge in [0.2, 0.25) is 5.91 Å². The molecule has 0 bridgehead atoms. The average molecular weight is 490 g/mol. The lowest BCUT2D eigenvalue weighted by molar-refractivity contribution is -0.119. The van der Waals surface area contributed by atoms with E-state index >= 15 is 0 Å². The lowest BCUT2D eigenvalue weighted by atomic mass is 10.1. The van der Waals surface area contributed by atoms with Crippen molar-refractivity contribution in [1.82, 2.24) is 19.8 Å². The number of amides is 2. The smallest absolute Gasteiger partial charge is 0.264 e. The number of fused-ring (bicyclic) bond motifs is 2. The van der Waals surface area contributed by atoms with Crippen LogP contribution in [0.1, 0.15) is 48.2 Å². The topological polar surface area (TPSA) is 72.5 Å². The first kappa shape index (κ1) is 23.5. The van der Waals surface area contributed by atoms with Gasteiger partial charge in [-0.2, -0.15) is 0 Å². The number of thiophene rings is 1. The molecule has 2 aromatic heterocycles. The van der Waals surface area contributed by atoms with Gasteiger partial charge in [-0.3, -0.25) is 9.59 Å². The third-order valence-corrected chi connectivity index (χ3v) is 7.81. The molecule has 1 aliphatic heterocycles. The van der Waals surface area contributed by atoms with Crippen LogP contribution in [0.5, 0.6) is 0 Å². The molecular weight excluding hydrogens is 458 g/mol. The van der Waals surface area contributed by atoms with Crippen molar-refractivity contribution in [1.29, 1.82) is 0 Å². The van der Waals surface area contributed by atoms with E-state index in [1.165, 1.54) is 11.3 Å². The van der Waals surface area contributed by atoms with E-state index in [2.05, 4.69) is 16.9 Å². The highest BCUT2D eigenvalue weighted by molar-refractivity contribution is 7.20. The quantitative estimate of drug-likeness (QED) is 0.411. The number of imidazole rings is 1. The molecule has 3 heterocycles. The summed E-state index contributed by atoms with van der Waals surface area (Å²) in [6, 6.07) is 15.6. The van der Waals surface area contributed by atoms with E-state index in [1.54, 1.807) is 0 Å². The first-order valence-electron chi connectivity index (χ1n) is 12.2. The maximum Gasteiger partial charge on any atom is 0.264 e. The Balaban J connectivity index is 1.47. The summed E-state index contributed by atoms with van der Waals surface area (Å²) in [6.45, 7) is 7.32. The molecule has 35 heavy (non-hydrogen) atoms. The van der Waals surface area contributed by atoms with E-state index in [0.717, 1.165) is 70.1 Å². The van der Waals surface area contributed by atoms with Gasteiger partial charge in [0, 0.05) is 43.0 Å². The van der Waals surface area contributed by atoms with Crippen LogP contribution in [-0.2, 0) is 4.79 Å². The van der Waals surface area contributed by atoms with Crippen LogP contribution in [0.2, 0.25) is 0 Å². The first-order valence-corrected chi connectivity index (χ1v) is 13.0. The van der Waals surface area contributed by atoms with Crippen LogP contribution in [-0.4, -0.2) is 64.8 Å². The molecule has 1 N–H and O–H groups in total. The van der Waals surface area contributed by atoms with Crippen molar-refractivity contribution < 1.29 is 9.59 Å². The summed E-state index contributed by atoms with van der Waals surface area (Å²) in [5, 5.41) is 0.982. The van der Waals surface area contributed by atoms with Crippen LogP contribution in [0.25, 0.3) is 21.1 Å². The van der Waals surface area contributed by atoms with E-state index in [0.29, 0.717) is 6.42 Å². The number of nitrogens with one attached hydrogen (secondary N) is 1. The number of rotatable bonds is 6. The number of carbonyl (C=O) groups excluding carboxylic acids is 2. The predicted molar refractivity (Wildman–Crippen MR) is 142 cm³/mol. The van der Waals surface area contributed by atoms with Gasteiger partial charge in [0.25, 0.3) is 5.91 Å². The molecule has 182 valence electrons. The van der Waals surface area contributed by atoms with Gasteiger partial charge in [-0.1, -0.05) is 19.1 Å². The first-order chi connectivity index (χ1) is 16.9. The van der Waals surface area contributed by atoms with E-state index in [-0.39, 0.29) is 17.9 Å². The summed E-state index contributed by atoms with van der Waals surface area (Å²) in [4.78, 5) is 41.3. The molecule has 0 aliphatic carbocycles. The van der Waals surface area contributed by atoms with Gasteiger partial charge in [0.05, 0.1) is 22.0 Å². The minimum Gasteiger partial charge on any atom is -0.340 e. The van der Waals surface area contributed by atoms with Crippen molar-refractivity contribution >= 4 is 50.0 Å². The molecule has 1 saturated heterocycles. The number of piperazine rings is 1. The fourth-order valence-corrected chi connectivity index (χ4v) is 5.67. The summed E-state index contributed by atoms with van der Waals surface area (Å²) < 4.78 is 1.05. The van der Waals surface area contributed by atoms with Crippen molar-refractivity contribution in [2.75, 3.05) is 38.1 Å². The second kappa shape index (κ2) is 9.79. The third-order valence-electron chi connectivity index (χ3n) is 6.70. The highest BCUT2D eigenvalue weighted by Crippen LogP contribution is 2.34. The Bertz CT molecular complexity index is 1340. The number of H-pyrrole nitrogens is 1. The Kier molecular flexibility index (Phi) is 6.58. The number of aromatic amines is 1. The van der Waals surface area contributed by atoms with Crippen LogP contribution in [0, 0.1) is 0 Å². The number of nitrogens with zero attached hydrogens (tertiary/aromatic N) is 4. The Morgan fingerprint density at radius 1 is 1.11 bits per heavy atom. The highest BCUT2D eigenvalue weighted by atomic mass is 32.1. The van der Waals surface area contributed by atoms with Gasteiger partial charge in [0.15, 0.2) is 0 Å². The zero-order valence-corrected chi connectivity index (χ0v) is 21.3. The summed E-state index contributed by atoms with van der Waals surface area (Å²) in [7, 11) is 2.08. The summed E-state index contributed by atoms with van der Waals surface area (Å²) in [5.41, 5.74) is 2.66. The van der Waals surface area contributed by atoms with Crippen molar-refractivity contribution in [3.8, 4) is 0 Å². The molecule has 0 radical (unpaired) electrons. The van der Waals surface area contributed by atoms with Crippen LogP contribution in [0.4, 0.5) is 5.69 Å². The Hall–Kier alpha value is -3.23. The minimum atomic E-state index is -0.260. The number of hydrogen-bond donors (Lipinski definition) is 1. The van der Waals surface area contributed by atoms with Crippen LogP contribution in [0.15, 0.2) is 48.5 Å². The second-order valence-electron chi connectivity index (χ2n) is 9.26. The number of aromatic nitrogens is 2. The van der Waals surface area contributed by atoms with E-state index in [9.17, 15) is 9.59 Å². The van der Waals surface area contributed by atoms with E-state index < -0.39 is 0 Å². The fraction of sp³-hybridized carbons (Fsp3) is 0.370. The third kappa shape index (κ3) is 4.68. The molecular formula is C27H31N5O2S. The number of para-hydroxylation sites is 2. The number of anilines is 1. The van der Waals surface area contributed by atoms with Crippen LogP contribution in [0.3, 0.4) is 0 Å². The zero-order chi connectivity index (χ0) is 24.5. The number of benzene rings is 2. The van der Waals surface area contributed by atoms with E-state index in [1.807, 2.05) is 72.2 Å². The summed E-state index contributed by atoms with van der Waals surface area (Å²) in [6.07, 6.45) is 1.23. The largest absolute Gasteiger partial charge is 0.340 e. The normalized spacial score (nSPS) is 15.6. The number of hydrogen-bond acceptors (Lipinski definition) is 5. The minimum absolute atomic E-state index is 0.0590. The number of likely N-dealkylation sites (N-methyl/N-ethyl adjacent to an activating group) is 1. The van der Waals surface area contributed by atoms with Crippen LogP contribution < -0.4 is 4.90 Å². The summed E-state index contributed by atoms with van der Waals surface area (Å²) in [5.74, 6) is 0.909. The monoisotopic (exact) mass is 489 g/mol. The molecule has 1 unspecified atom stereocenters. The van der Waals surface area contributed by atoms with Gasteiger partial charge in [-0.05, 0) is 62.2 Å². The molecule has 0 saturated carbocycles. The van der Waals surface area contributed by atoms with Crippen molar-refractivity contribution in [2.24, 2.45) is 0 Å². The summed E-state index contributed by atoms with van der Waals surface area (Å²) >= 11 is 1.52. The molecule has 2 aromatic carbocycles. The lowest BCUT2D eigenvalue weighted by Crippen LogP contribution is -2.46. The number of carbonyl (C=O) groups is 2. The average Bonchev–Trinajstić information content (AvgIpc) is 3.48. The maximum atomic E-state index is 13.3. The Morgan fingerprint density at radius 2 is 1.89 bits per heavy atom. The maximum absolute atomic E-state index is 13.3. The van der Waals surface area contributed by atoms with Crippen molar-refractivity contribution in [2.45, 2.75) is 32.7 Å². The second-order valence-corrected chi connectivity index (χ2v) is 10.3. The molecule has 4 aromatic rings. The molecule has 1 aliphatic rings. The van der Waals surface area contributed by atoms with Crippen molar-refractivity contribution in [3.63, 3.8) is 0 Å². The van der Waals surface area contributed by atoms with E-state index in [4.69, 9.17) is 4.98 Å². The molecule has 5 rings (SSSR count). The zero-order valence-electron chi connectivity index (χ0n) is 20.5. The Morgan fingerprint density at radius 3 is 2.63 bits per heavy atom. The SMILES string of the molecule is CCCC(=O)N(c1ccc2sc(C(=O)N3CCN(C)CC3)cc2c1)C(C)c1nc2ccccc2[nH]1. The molecule has 1 atom stereocenters. The predicted octanol–water partition coefficient (Wildman–Crippen LogP) is 5.06. The molecule has 8 heteroatoms. The van der Waals surface area contributed by atoms with Crippen molar-refractivity contribution in [3.05, 3.63) is 59.2 Å². The van der Waals surface area contributed by atoms with Gasteiger partial charge in [-0.25, -0.2) is 4.98 Å². The van der Waals surface area contributed by atoms with Gasteiger partial charge in [-0.15, -0.1) is 11.3 Å².